The van der Waals surface area contributed by atoms with E-state index >= 15 is 0 Å². The van der Waals surface area contributed by atoms with E-state index in [4.69, 9.17) is 5.73 Å². The summed E-state index contributed by atoms with van der Waals surface area (Å²) in [6, 6.07) is 1.41. The van der Waals surface area contributed by atoms with Gasteiger partial charge in [-0.15, -0.1) is 12.4 Å². The Kier molecular flexibility index (Phi) is 6.05. The maximum atomic E-state index is 13.6. The summed E-state index contributed by atoms with van der Waals surface area (Å²) in [7, 11) is 1.19. The van der Waals surface area contributed by atoms with Crippen molar-refractivity contribution >= 4 is 18.4 Å². The number of esters is 1. The van der Waals surface area contributed by atoms with Crippen LogP contribution in [0.25, 0.3) is 0 Å². The first-order valence-corrected chi connectivity index (χ1v) is 4.74. The van der Waals surface area contributed by atoms with Crippen LogP contribution in [0.2, 0.25) is 0 Å². The third-order valence-corrected chi connectivity index (χ3v) is 2.30. The zero-order valence-corrected chi connectivity index (χ0v) is 10.3. The Balaban J connectivity index is 0.00000256. The van der Waals surface area contributed by atoms with Gasteiger partial charge in [0.15, 0.2) is 0 Å². The zero-order valence-electron chi connectivity index (χ0n) is 9.50. The van der Waals surface area contributed by atoms with Crippen molar-refractivity contribution in [1.29, 1.82) is 0 Å². The molecule has 1 aromatic rings. The van der Waals surface area contributed by atoms with Crippen LogP contribution in [-0.2, 0) is 9.53 Å². The third-order valence-electron chi connectivity index (χ3n) is 2.30. The van der Waals surface area contributed by atoms with E-state index < -0.39 is 23.6 Å². The van der Waals surface area contributed by atoms with Gasteiger partial charge >= 0.3 is 5.97 Å². The van der Waals surface area contributed by atoms with E-state index in [1.165, 1.54) is 20.1 Å². The second-order valence-electron chi connectivity index (χ2n) is 3.48. The molecular formula is C11H14ClF2NO2. The van der Waals surface area contributed by atoms with Gasteiger partial charge in [-0.05, 0) is 18.6 Å². The molecule has 0 saturated heterocycles. The molecule has 0 saturated carbocycles. The van der Waals surface area contributed by atoms with Crippen LogP contribution in [0.4, 0.5) is 8.78 Å². The van der Waals surface area contributed by atoms with Gasteiger partial charge in [-0.3, -0.25) is 4.79 Å². The minimum absolute atomic E-state index is 0. The number of rotatable bonds is 3. The van der Waals surface area contributed by atoms with E-state index in [1.54, 1.807) is 0 Å². The lowest BCUT2D eigenvalue weighted by atomic mass is 10.0. The highest BCUT2D eigenvalue weighted by Gasteiger charge is 2.21. The lowest BCUT2D eigenvalue weighted by Gasteiger charge is -2.13. The van der Waals surface area contributed by atoms with Crippen LogP contribution in [0.15, 0.2) is 12.1 Å². The Labute approximate surface area is 104 Å². The molecule has 0 fully saturated rings. The summed E-state index contributed by atoms with van der Waals surface area (Å²) in [6.45, 7) is 1.50. The molecule has 96 valence electrons. The third kappa shape index (κ3) is 3.64. The van der Waals surface area contributed by atoms with Crippen molar-refractivity contribution in [2.45, 2.75) is 19.4 Å². The molecule has 0 aliphatic carbocycles. The largest absolute Gasteiger partial charge is 0.469 e. The maximum absolute atomic E-state index is 13.6. The molecule has 0 unspecified atom stereocenters. The first-order chi connectivity index (χ1) is 7.47. The summed E-state index contributed by atoms with van der Waals surface area (Å²) < 4.78 is 31.3. The number of hydrogen-bond acceptors (Lipinski definition) is 3. The molecule has 0 aromatic heterocycles. The predicted octanol–water partition coefficient (Wildman–Crippen LogP) is 2.26. The highest BCUT2D eigenvalue weighted by molar-refractivity contribution is 5.85. The number of ether oxygens (including phenoxy) is 1. The van der Waals surface area contributed by atoms with E-state index in [0.29, 0.717) is 0 Å². The molecule has 0 radical (unpaired) electrons. The molecule has 6 heteroatoms. The summed E-state index contributed by atoms with van der Waals surface area (Å²) in [6.07, 6.45) is -0.256. The van der Waals surface area contributed by atoms with Gasteiger partial charge < -0.3 is 10.5 Å². The van der Waals surface area contributed by atoms with Gasteiger partial charge in [0.2, 0.25) is 0 Å². The van der Waals surface area contributed by atoms with E-state index in [9.17, 15) is 13.6 Å². The smallest absolute Gasteiger partial charge is 0.307 e. The van der Waals surface area contributed by atoms with Gasteiger partial charge in [-0.25, -0.2) is 8.78 Å². The topological polar surface area (TPSA) is 52.3 Å². The average Bonchev–Trinajstić information content (AvgIpc) is 2.24. The van der Waals surface area contributed by atoms with Crippen LogP contribution in [0, 0.1) is 18.6 Å². The minimum Gasteiger partial charge on any atom is -0.469 e. The Bertz CT molecular complexity index is 413. The molecule has 1 aromatic carbocycles. The van der Waals surface area contributed by atoms with E-state index in [0.717, 1.165) is 6.07 Å². The predicted molar refractivity (Wildman–Crippen MR) is 61.9 cm³/mol. The van der Waals surface area contributed by atoms with Crippen LogP contribution >= 0.6 is 12.4 Å². The minimum atomic E-state index is -1.03. The zero-order chi connectivity index (χ0) is 12.3. The van der Waals surface area contributed by atoms with Gasteiger partial charge in [-0.2, -0.15) is 0 Å². The van der Waals surface area contributed by atoms with Crippen molar-refractivity contribution < 1.29 is 18.3 Å². The molecule has 0 bridgehead atoms. The molecule has 3 nitrogen and oxygen atoms in total. The molecule has 0 aliphatic heterocycles. The van der Waals surface area contributed by atoms with Crippen molar-refractivity contribution in [1.82, 2.24) is 0 Å². The number of nitrogens with two attached hydrogens (primary N) is 1. The highest BCUT2D eigenvalue weighted by atomic mass is 35.5. The van der Waals surface area contributed by atoms with E-state index in [2.05, 4.69) is 4.74 Å². The molecule has 0 aliphatic rings. The number of carbonyl (C=O) groups is 1. The number of hydrogen-bond donors (Lipinski definition) is 1. The second-order valence-corrected chi connectivity index (χ2v) is 3.48. The summed E-state index contributed by atoms with van der Waals surface area (Å²) in [5.41, 5.74) is 5.58. The van der Waals surface area contributed by atoms with Crippen molar-refractivity contribution in [2.24, 2.45) is 5.73 Å². The molecule has 17 heavy (non-hydrogen) atoms. The van der Waals surface area contributed by atoms with Crippen molar-refractivity contribution in [3.63, 3.8) is 0 Å². The standard InChI is InChI=1S/C11H13F2NO2.ClH/c1-6-3-4-7(12)10(11(6)13)8(14)5-9(15)16-2;/h3-4,8H,5,14H2,1-2H3;1H/t8-;/m1./s1. The summed E-state index contributed by atoms with van der Waals surface area (Å²) in [5, 5.41) is 0. The van der Waals surface area contributed by atoms with Crippen LogP contribution in [0.5, 0.6) is 0 Å². The number of benzene rings is 1. The van der Waals surface area contributed by atoms with Crippen LogP contribution in [0.3, 0.4) is 0 Å². The summed E-state index contributed by atoms with van der Waals surface area (Å²) >= 11 is 0. The van der Waals surface area contributed by atoms with Crippen molar-refractivity contribution in [2.75, 3.05) is 7.11 Å². The van der Waals surface area contributed by atoms with Crippen LogP contribution < -0.4 is 5.73 Å². The fraction of sp³-hybridized carbons (Fsp3) is 0.364. The number of methoxy groups -OCH3 is 1. The lowest BCUT2D eigenvalue weighted by molar-refractivity contribution is -0.141. The van der Waals surface area contributed by atoms with Gasteiger partial charge in [0.05, 0.1) is 13.5 Å². The second kappa shape index (κ2) is 6.51. The number of carbonyl (C=O) groups excluding carboxylic acids is 1. The Morgan fingerprint density at radius 1 is 1.47 bits per heavy atom. The molecule has 0 heterocycles. The Morgan fingerprint density at radius 2 is 2.06 bits per heavy atom. The molecule has 1 rings (SSSR count). The summed E-state index contributed by atoms with van der Waals surface area (Å²) in [5.74, 6) is -2.07. The first kappa shape index (κ1) is 15.8. The average molecular weight is 266 g/mol. The number of aryl methyl sites for hydroxylation is 1. The van der Waals surface area contributed by atoms with Crippen LogP contribution in [-0.4, -0.2) is 13.1 Å². The molecular weight excluding hydrogens is 252 g/mol. The highest BCUT2D eigenvalue weighted by Crippen LogP contribution is 2.23. The lowest BCUT2D eigenvalue weighted by Crippen LogP contribution is -2.19. The fourth-order valence-electron chi connectivity index (χ4n) is 1.38. The van der Waals surface area contributed by atoms with Crippen LogP contribution in [0.1, 0.15) is 23.6 Å². The SMILES string of the molecule is COC(=O)C[C@@H](N)c1c(F)ccc(C)c1F.Cl. The number of halogens is 3. The van der Waals surface area contributed by atoms with Gasteiger partial charge in [-0.1, -0.05) is 6.07 Å². The van der Waals surface area contributed by atoms with Gasteiger partial charge in [0.1, 0.15) is 11.6 Å². The first-order valence-electron chi connectivity index (χ1n) is 4.74. The van der Waals surface area contributed by atoms with Gasteiger partial charge in [0.25, 0.3) is 0 Å². The molecule has 0 spiro atoms. The fourth-order valence-corrected chi connectivity index (χ4v) is 1.38. The molecule has 1 atom stereocenters. The normalized spacial score (nSPS) is 11.6. The van der Waals surface area contributed by atoms with Crippen molar-refractivity contribution in [3.8, 4) is 0 Å². The molecule has 2 N–H and O–H groups in total. The molecule has 0 amide bonds. The van der Waals surface area contributed by atoms with Crippen molar-refractivity contribution in [3.05, 3.63) is 34.9 Å². The van der Waals surface area contributed by atoms with Gasteiger partial charge in [0, 0.05) is 11.6 Å². The summed E-state index contributed by atoms with van der Waals surface area (Å²) in [4.78, 5) is 11.0. The Hall–Kier alpha value is -1.20. The van der Waals surface area contributed by atoms with E-state index in [-0.39, 0.29) is 30.0 Å². The maximum Gasteiger partial charge on any atom is 0.307 e. The Morgan fingerprint density at radius 3 is 2.59 bits per heavy atom. The monoisotopic (exact) mass is 265 g/mol. The van der Waals surface area contributed by atoms with E-state index in [1.807, 2.05) is 0 Å². The quantitative estimate of drug-likeness (QED) is 0.853.